The van der Waals surface area contributed by atoms with Crippen LogP contribution in [0.2, 0.25) is 10.0 Å². The first-order chi connectivity index (χ1) is 15.0. The van der Waals surface area contributed by atoms with Gasteiger partial charge in [-0.05, 0) is 37.8 Å². The third-order valence-electron chi connectivity index (χ3n) is 5.53. The number of rotatable bonds is 9. The number of aliphatic carboxylic acids is 1. The van der Waals surface area contributed by atoms with Crippen LogP contribution in [0.15, 0.2) is 36.9 Å². The summed E-state index contributed by atoms with van der Waals surface area (Å²) < 4.78 is 7.81. The molecule has 3 heterocycles. The van der Waals surface area contributed by atoms with E-state index in [1.165, 1.54) is 0 Å². The number of carboxylic acids is 1. The number of ether oxygens (including phenoxy) is 1. The number of imidazole rings is 1. The fourth-order valence-electron chi connectivity index (χ4n) is 3.98. The number of carboxylic acid groups (broad SMARTS) is 1. The molecule has 0 spiro atoms. The Bertz CT molecular complexity index is 1060. The van der Waals surface area contributed by atoms with E-state index in [-0.39, 0.29) is 12.5 Å². The van der Waals surface area contributed by atoms with Crippen molar-refractivity contribution < 1.29 is 14.6 Å². The number of halogens is 2. The fourth-order valence-corrected chi connectivity index (χ4v) is 4.34. The van der Waals surface area contributed by atoms with Gasteiger partial charge in [0, 0.05) is 43.4 Å². The number of aromatic nitrogens is 3. The van der Waals surface area contributed by atoms with Crippen molar-refractivity contribution >= 4 is 45.9 Å². The number of benzene rings is 1. The highest BCUT2D eigenvalue weighted by Crippen LogP contribution is 2.36. The lowest BCUT2D eigenvalue weighted by molar-refractivity contribution is -0.137. The van der Waals surface area contributed by atoms with Gasteiger partial charge in [0.15, 0.2) is 0 Å². The first kappa shape index (κ1) is 21.9. The number of nitrogens with zero attached hydrogens (tertiary/aromatic N) is 4. The summed E-state index contributed by atoms with van der Waals surface area (Å²) in [5.74, 6) is 0.0640. The molecule has 4 rings (SSSR count). The molecule has 1 aromatic carbocycles. The first-order valence-electron chi connectivity index (χ1n) is 10.4. The second-order valence-electron chi connectivity index (χ2n) is 7.64. The van der Waals surface area contributed by atoms with Crippen molar-refractivity contribution in [2.45, 2.75) is 38.1 Å². The van der Waals surface area contributed by atoms with Crippen LogP contribution in [0.4, 0.5) is 5.82 Å². The van der Waals surface area contributed by atoms with Crippen LogP contribution in [0.25, 0.3) is 16.6 Å². The Kier molecular flexibility index (Phi) is 6.95. The Balaban J connectivity index is 1.56. The summed E-state index contributed by atoms with van der Waals surface area (Å²) in [6.07, 6.45) is 9.00. The normalized spacial score (nSPS) is 16.3. The van der Waals surface area contributed by atoms with E-state index in [1.807, 2.05) is 16.8 Å². The summed E-state index contributed by atoms with van der Waals surface area (Å²) in [5, 5.41) is 10.5. The zero-order valence-electron chi connectivity index (χ0n) is 17.0. The Morgan fingerprint density at radius 3 is 2.94 bits per heavy atom. The molecule has 7 nitrogen and oxygen atoms in total. The molecule has 9 heteroatoms. The highest BCUT2D eigenvalue weighted by Gasteiger charge is 2.27. The Hall–Kier alpha value is -2.35. The number of hydrogen-bond acceptors (Lipinski definition) is 5. The molecule has 3 aromatic rings. The molecule has 1 aliphatic rings. The van der Waals surface area contributed by atoms with Gasteiger partial charge >= 0.3 is 5.97 Å². The maximum Gasteiger partial charge on any atom is 0.303 e. The van der Waals surface area contributed by atoms with Crippen LogP contribution in [0.1, 0.15) is 32.1 Å². The lowest BCUT2D eigenvalue weighted by atomic mass is 10.1. The zero-order valence-corrected chi connectivity index (χ0v) is 18.5. The second-order valence-corrected chi connectivity index (χ2v) is 8.43. The van der Waals surface area contributed by atoms with E-state index in [0.29, 0.717) is 35.2 Å². The predicted octanol–water partition coefficient (Wildman–Crippen LogP) is 4.97. The van der Waals surface area contributed by atoms with E-state index in [9.17, 15) is 4.79 Å². The van der Waals surface area contributed by atoms with Crippen molar-refractivity contribution in [2.24, 2.45) is 0 Å². The van der Waals surface area contributed by atoms with E-state index >= 15 is 0 Å². The van der Waals surface area contributed by atoms with Crippen molar-refractivity contribution in [1.82, 2.24) is 14.5 Å². The van der Waals surface area contributed by atoms with Crippen LogP contribution in [-0.2, 0) is 9.53 Å². The summed E-state index contributed by atoms with van der Waals surface area (Å²) in [7, 11) is 0. The van der Waals surface area contributed by atoms with Crippen molar-refractivity contribution in [3.05, 3.63) is 47.0 Å². The van der Waals surface area contributed by atoms with Crippen molar-refractivity contribution in [3.8, 4) is 5.69 Å². The summed E-state index contributed by atoms with van der Waals surface area (Å²) in [6.45, 7) is 2.02. The quantitative estimate of drug-likeness (QED) is 0.452. The number of unbranched alkanes of at least 4 members (excludes halogenated alkanes) is 1. The van der Waals surface area contributed by atoms with Gasteiger partial charge < -0.3 is 19.3 Å². The van der Waals surface area contributed by atoms with Crippen molar-refractivity contribution in [2.75, 3.05) is 24.7 Å². The molecule has 31 heavy (non-hydrogen) atoms. The molecule has 1 atom stereocenters. The highest BCUT2D eigenvalue weighted by molar-refractivity contribution is 6.45. The Morgan fingerprint density at radius 1 is 1.29 bits per heavy atom. The molecule has 1 N–H and O–H groups in total. The van der Waals surface area contributed by atoms with Crippen LogP contribution in [-0.4, -0.2) is 51.4 Å². The number of hydrogen-bond donors (Lipinski definition) is 1. The fraction of sp³-hybridized carbons (Fsp3) is 0.409. The van der Waals surface area contributed by atoms with Crippen LogP contribution in [0, 0.1) is 0 Å². The SMILES string of the molecule is O=C(O)CCCCOC[C@@H]1CCCN1c1cc(-n2ccnc2)c2ccc(Cl)c(Cl)c2n1. The van der Waals surface area contributed by atoms with Crippen LogP contribution in [0.3, 0.4) is 0 Å². The molecule has 0 amide bonds. The summed E-state index contributed by atoms with van der Waals surface area (Å²) >= 11 is 12.8. The molecule has 2 aromatic heterocycles. The molecular formula is C22H24Cl2N4O3. The minimum absolute atomic E-state index is 0.181. The van der Waals surface area contributed by atoms with E-state index in [2.05, 4.69) is 16.0 Å². The first-order valence-corrected chi connectivity index (χ1v) is 11.1. The minimum atomic E-state index is -0.767. The minimum Gasteiger partial charge on any atom is -0.481 e. The number of carbonyl (C=O) groups is 1. The van der Waals surface area contributed by atoms with Gasteiger partial charge in [0.25, 0.3) is 0 Å². The van der Waals surface area contributed by atoms with E-state index in [4.69, 9.17) is 38.0 Å². The van der Waals surface area contributed by atoms with E-state index in [1.54, 1.807) is 18.6 Å². The zero-order chi connectivity index (χ0) is 21.8. The topological polar surface area (TPSA) is 80.5 Å². The summed E-state index contributed by atoms with van der Waals surface area (Å²) in [6, 6.07) is 5.97. The molecule has 0 unspecified atom stereocenters. The van der Waals surface area contributed by atoms with Gasteiger partial charge in [-0.2, -0.15) is 0 Å². The Morgan fingerprint density at radius 2 is 2.16 bits per heavy atom. The van der Waals surface area contributed by atoms with Gasteiger partial charge in [-0.3, -0.25) is 4.79 Å². The second kappa shape index (κ2) is 9.85. The van der Waals surface area contributed by atoms with Gasteiger partial charge in [-0.1, -0.05) is 23.2 Å². The molecule has 1 saturated heterocycles. The van der Waals surface area contributed by atoms with Gasteiger partial charge in [0.2, 0.25) is 0 Å². The van der Waals surface area contributed by atoms with Gasteiger partial charge in [-0.15, -0.1) is 0 Å². The van der Waals surface area contributed by atoms with Crippen LogP contribution >= 0.6 is 23.2 Å². The molecule has 1 fully saturated rings. The molecule has 164 valence electrons. The predicted molar refractivity (Wildman–Crippen MR) is 122 cm³/mol. The third kappa shape index (κ3) is 4.95. The monoisotopic (exact) mass is 462 g/mol. The molecule has 0 bridgehead atoms. The van der Waals surface area contributed by atoms with Crippen molar-refractivity contribution in [1.29, 1.82) is 0 Å². The highest BCUT2D eigenvalue weighted by atomic mass is 35.5. The van der Waals surface area contributed by atoms with Crippen LogP contribution < -0.4 is 4.90 Å². The number of pyridine rings is 1. The summed E-state index contributed by atoms with van der Waals surface area (Å²) in [4.78, 5) is 21.9. The van der Waals surface area contributed by atoms with Gasteiger partial charge in [0.05, 0.1) is 40.2 Å². The summed E-state index contributed by atoms with van der Waals surface area (Å²) in [5.41, 5.74) is 1.60. The number of anilines is 1. The molecule has 0 saturated carbocycles. The average Bonchev–Trinajstić information content (AvgIpc) is 3.44. The number of fused-ring (bicyclic) bond motifs is 1. The Labute approximate surface area is 190 Å². The molecule has 0 aliphatic carbocycles. The molecule has 1 aliphatic heterocycles. The maximum atomic E-state index is 10.6. The lowest BCUT2D eigenvalue weighted by Crippen LogP contribution is -2.34. The third-order valence-corrected chi connectivity index (χ3v) is 6.33. The van der Waals surface area contributed by atoms with Crippen LogP contribution in [0.5, 0.6) is 0 Å². The average molecular weight is 463 g/mol. The molecule has 0 radical (unpaired) electrons. The van der Waals surface area contributed by atoms with Gasteiger partial charge in [-0.25, -0.2) is 9.97 Å². The van der Waals surface area contributed by atoms with E-state index in [0.717, 1.165) is 42.7 Å². The largest absolute Gasteiger partial charge is 0.481 e. The van der Waals surface area contributed by atoms with Crippen molar-refractivity contribution in [3.63, 3.8) is 0 Å². The lowest BCUT2D eigenvalue weighted by Gasteiger charge is -2.27. The van der Waals surface area contributed by atoms with E-state index < -0.39 is 5.97 Å². The standard InChI is InChI=1S/C22H24Cl2N4O3/c23-17-7-6-16-18(27-10-8-25-14-27)12-19(26-22(16)21(17)24)28-9-3-4-15(28)13-31-11-2-1-5-20(29)30/h6-8,10,12,14-15H,1-5,9,11,13H2,(H,29,30)/t15-/m0/s1. The molecular weight excluding hydrogens is 439 g/mol. The van der Waals surface area contributed by atoms with Gasteiger partial charge in [0.1, 0.15) is 5.82 Å². The smallest absolute Gasteiger partial charge is 0.303 e. The maximum absolute atomic E-state index is 10.6.